The van der Waals surface area contributed by atoms with Crippen molar-refractivity contribution >= 4 is 11.6 Å². The third-order valence-electron chi connectivity index (χ3n) is 7.19. The molecule has 0 aromatic carbocycles. The summed E-state index contributed by atoms with van der Waals surface area (Å²) in [4.78, 5) is 26.1. The molecule has 4 rings (SSSR count). The first kappa shape index (κ1) is 17.6. The normalized spacial score (nSPS) is 45.8. The maximum atomic E-state index is 13.1. The van der Waals surface area contributed by atoms with Gasteiger partial charge in [-0.05, 0) is 25.7 Å². The largest absolute Gasteiger partial charge is 0.392 e. The van der Waals surface area contributed by atoms with E-state index in [4.69, 9.17) is 10.5 Å². The Bertz CT molecular complexity index is 530. The Morgan fingerprint density at radius 1 is 0.840 bits per heavy atom. The van der Waals surface area contributed by atoms with Crippen molar-refractivity contribution in [3.8, 4) is 0 Å². The fourth-order valence-electron chi connectivity index (χ4n) is 5.89. The summed E-state index contributed by atoms with van der Waals surface area (Å²) in [6.07, 6.45) is 8.73. The van der Waals surface area contributed by atoms with Crippen LogP contribution < -0.4 is 5.73 Å². The van der Waals surface area contributed by atoms with E-state index < -0.39 is 24.0 Å². The number of ether oxygens (including phenoxy) is 1. The van der Waals surface area contributed by atoms with Crippen molar-refractivity contribution in [3.63, 3.8) is 0 Å². The molecule has 0 saturated heterocycles. The second kappa shape index (κ2) is 7.09. The number of carbonyl (C=O) groups excluding carboxylic acids is 2. The van der Waals surface area contributed by atoms with Gasteiger partial charge < -0.3 is 15.6 Å². The van der Waals surface area contributed by atoms with E-state index in [1.165, 1.54) is 19.3 Å². The van der Waals surface area contributed by atoms with Crippen LogP contribution in [-0.2, 0) is 14.3 Å². The van der Waals surface area contributed by atoms with Gasteiger partial charge in [-0.15, -0.1) is 0 Å². The van der Waals surface area contributed by atoms with E-state index in [-0.39, 0.29) is 35.6 Å². The lowest BCUT2D eigenvalue weighted by atomic mass is 9.56. The number of hydrogen-bond acceptors (Lipinski definition) is 5. The van der Waals surface area contributed by atoms with E-state index in [0.29, 0.717) is 6.42 Å². The van der Waals surface area contributed by atoms with Crippen LogP contribution in [0.3, 0.4) is 0 Å². The molecule has 0 radical (unpaired) electrons. The third-order valence-corrected chi connectivity index (χ3v) is 7.19. The van der Waals surface area contributed by atoms with Crippen molar-refractivity contribution in [2.75, 3.05) is 0 Å². The van der Waals surface area contributed by atoms with Gasteiger partial charge in [0.25, 0.3) is 0 Å². The zero-order chi connectivity index (χ0) is 17.6. The minimum atomic E-state index is -0.794. The smallest absolute Gasteiger partial charge is 0.143 e. The zero-order valence-corrected chi connectivity index (χ0v) is 14.9. The maximum absolute atomic E-state index is 13.1. The number of rotatable bonds is 2. The molecule has 7 atom stereocenters. The first-order valence-corrected chi connectivity index (χ1v) is 10.2. The van der Waals surface area contributed by atoms with Crippen LogP contribution in [0.1, 0.15) is 64.2 Å². The number of nitrogens with two attached hydrogens (primary N) is 1. The average Bonchev–Trinajstić information content (AvgIpc) is 2.63. The van der Waals surface area contributed by atoms with Gasteiger partial charge >= 0.3 is 0 Å². The van der Waals surface area contributed by atoms with E-state index >= 15 is 0 Å². The maximum Gasteiger partial charge on any atom is 0.143 e. The molecule has 0 bridgehead atoms. The summed E-state index contributed by atoms with van der Waals surface area (Å²) < 4.78 is 6.24. The molecule has 0 aromatic rings. The first-order chi connectivity index (χ1) is 12.1. The van der Waals surface area contributed by atoms with Crippen molar-refractivity contribution in [1.29, 1.82) is 0 Å². The summed E-state index contributed by atoms with van der Waals surface area (Å²) in [5.41, 5.74) is 6.48. The topological polar surface area (TPSA) is 89.6 Å². The average molecular weight is 349 g/mol. The standard InChI is InChI=1S/C20H31NO4/c21-18-15(25-11-6-2-1-3-7-11)10-14(22)16-17(18)20(24)13-9-5-4-8-12(13)19(16)23/h11-18,22H,1-10,21H2. The molecule has 25 heavy (non-hydrogen) atoms. The van der Waals surface area contributed by atoms with Crippen molar-refractivity contribution < 1.29 is 19.4 Å². The molecule has 4 saturated carbocycles. The van der Waals surface area contributed by atoms with Crippen molar-refractivity contribution in [1.82, 2.24) is 0 Å². The van der Waals surface area contributed by atoms with Gasteiger partial charge in [0.15, 0.2) is 0 Å². The van der Waals surface area contributed by atoms with Crippen LogP contribution in [0, 0.1) is 23.7 Å². The van der Waals surface area contributed by atoms with Gasteiger partial charge in [0.2, 0.25) is 0 Å². The predicted octanol–water partition coefficient (Wildman–Crippen LogP) is 1.99. The molecule has 140 valence electrons. The van der Waals surface area contributed by atoms with Gasteiger partial charge in [-0.1, -0.05) is 32.1 Å². The molecule has 0 heterocycles. The van der Waals surface area contributed by atoms with Crippen LogP contribution >= 0.6 is 0 Å². The Balaban J connectivity index is 1.54. The Kier molecular flexibility index (Phi) is 5.00. The quantitative estimate of drug-likeness (QED) is 0.796. The summed E-state index contributed by atoms with van der Waals surface area (Å²) in [5, 5.41) is 10.7. The van der Waals surface area contributed by atoms with Gasteiger partial charge in [0.1, 0.15) is 11.6 Å². The molecule has 5 heteroatoms. The number of hydrogen-bond donors (Lipinski definition) is 2. The van der Waals surface area contributed by atoms with Crippen LogP contribution in [-0.4, -0.2) is 41.0 Å². The van der Waals surface area contributed by atoms with Crippen LogP contribution in [0.15, 0.2) is 0 Å². The lowest BCUT2D eigenvalue weighted by Gasteiger charge is -2.50. The number of carbonyl (C=O) groups is 2. The van der Waals surface area contributed by atoms with Crippen molar-refractivity contribution in [2.24, 2.45) is 29.4 Å². The monoisotopic (exact) mass is 349 g/mol. The van der Waals surface area contributed by atoms with Gasteiger partial charge in [-0.3, -0.25) is 9.59 Å². The molecule has 4 fully saturated rings. The molecule has 0 aliphatic heterocycles. The van der Waals surface area contributed by atoms with E-state index in [1.54, 1.807) is 0 Å². The van der Waals surface area contributed by atoms with Crippen molar-refractivity contribution in [2.45, 2.75) is 88.6 Å². The number of ketones is 2. The molecule has 4 aliphatic carbocycles. The highest BCUT2D eigenvalue weighted by Gasteiger charge is 2.57. The molecular formula is C20H31NO4. The SMILES string of the molecule is NC1C(OC2CCCCC2)CC(O)C2C(=O)C3CCCCC3C(=O)C12. The van der Waals surface area contributed by atoms with Gasteiger partial charge in [-0.25, -0.2) is 0 Å². The van der Waals surface area contributed by atoms with Crippen LogP contribution in [0.4, 0.5) is 0 Å². The fourth-order valence-corrected chi connectivity index (χ4v) is 5.89. The molecule has 3 N–H and O–H groups in total. The predicted molar refractivity (Wildman–Crippen MR) is 92.8 cm³/mol. The number of Topliss-reactive ketones (excluding diaryl/α,β-unsaturated/α-hetero) is 2. The fraction of sp³-hybridized carbons (Fsp3) is 0.900. The van der Waals surface area contributed by atoms with E-state index in [2.05, 4.69) is 0 Å². The first-order valence-electron chi connectivity index (χ1n) is 10.2. The third kappa shape index (κ3) is 3.08. The number of aliphatic hydroxyl groups excluding tert-OH is 1. The van der Waals surface area contributed by atoms with Crippen molar-refractivity contribution in [3.05, 3.63) is 0 Å². The summed E-state index contributed by atoms with van der Waals surface area (Å²) in [7, 11) is 0. The summed E-state index contributed by atoms with van der Waals surface area (Å²) >= 11 is 0. The molecule has 7 unspecified atom stereocenters. The summed E-state index contributed by atoms with van der Waals surface area (Å²) in [6, 6.07) is -0.463. The highest BCUT2D eigenvalue weighted by Crippen LogP contribution is 2.46. The zero-order valence-electron chi connectivity index (χ0n) is 14.9. The van der Waals surface area contributed by atoms with Gasteiger partial charge in [-0.2, -0.15) is 0 Å². The minimum Gasteiger partial charge on any atom is -0.392 e. The Morgan fingerprint density at radius 3 is 2.04 bits per heavy atom. The minimum absolute atomic E-state index is 0.0911. The molecule has 0 amide bonds. The second-order valence-electron chi connectivity index (χ2n) is 8.67. The number of aliphatic hydroxyl groups is 1. The summed E-state index contributed by atoms with van der Waals surface area (Å²) in [6.45, 7) is 0. The Hall–Kier alpha value is -0.780. The summed E-state index contributed by atoms with van der Waals surface area (Å²) in [5.74, 6) is -1.29. The lowest BCUT2D eigenvalue weighted by molar-refractivity contribution is -0.168. The van der Waals surface area contributed by atoms with Crippen LogP contribution in [0.5, 0.6) is 0 Å². The molecule has 0 aromatic heterocycles. The molecule has 0 spiro atoms. The Labute approximate surface area is 149 Å². The molecule has 5 nitrogen and oxygen atoms in total. The highest BCUT2D eigenvalue weighted by molar-refractivity contribution is 6.00. The lowest BCUT2D eigenvalue weighted by Crippen LogP contribution is -2.64. The number of fused-ring (bicyclic) bond motifs is 2. The second-order valence-corrected chi connectivity index (χ2v) is 8.67. The van der Waals surface area contributed by atoms with Crippen LogP contribution in [0.25, 0.3) is 0 Å². The molecule has 4 aliphatic rings. The van der Waals surface area contributed by atoms with E-state index in [1.807, 2.05) is 0 Å². The van der Waals surface area contributed by atoms with E-state index in [9.17, 15) is 14.7 Å². The molecular weight excluding hydrogens is 318 g/mol. The van der Waals surface area contributed by atoms with E-state index in [0.717, 1.165) is 38.5 Å². The van der Waals surface area contributed by atoms with Crippen LogP contribution in [0.2, 0.25) is 0 Å². The van der Waals surface area contributed by atoms with Gasteiger partial charge in [0.05, 0.1) is 24.2 Å². The van der Waals surface area contributed by atoms with Gasteiger partial charge in [0, 0.05) is 30.2 Å². The highest BCUT2D eigenvalue weighted by atomic mass is 16.5. The Morgan fingerprint density at radius 2 is 1.40 bits per heavy atom.